The van der Waals surface area contributed by atoms with Crippen molar-refractivity contribution in [3.8, 4) is 16.9 Å². The van der Waals surface area contributed by atoms with Crippen LogP contribution in [0.25, 0.3) is 11.1 Å². The second-order valence-electron chi connectivity index (χ2n) is 6.39. The summed E-state index contributed by atoms with van der Waals surface area (Å²) in [6.07, 6.45) is 4.28. The zero-order chi connectivity index (χ0) is 18.2. The van der Waals surface area contributed by atoms with Gasteiger partial charge in [-0.05, 0) is 36.1 Å². The molecule has 26 heavy (non-hydrogen) atoms. The fourth-order valence-electron chi connectivity index (χ4n) is 3.04. The van der Waals surface area contributed by atoms with Gasteiger partial charge in [-0.2, -0.15) is 0 Å². The maximum Gasteiger partial charge on any atom is 0.344 e. The molecule has 0 radical (unpaired) electrons. The first kappa shape index (κ1) is 18.0. The number of ether oxygens (including phenoxy) is 2. The van der Waals surface area contributed by atoms with Crippen molar-refractivity contribution < 1.29 is 19.1 Å². The maximum absolute atomic E-state index is 11.7. The minimum absolute atomic E-state index is 0.221. The molecule has 0 aromatic heterocycles. The van der Waals surface area contributed by atoms with Crippen molar-refractivity contribution in [2.75, 3.05) is 13.2 Å². The molecule has 0 heterocycles. The monoisotopic (exact) mass is 353 g/mol. The van der Waals surface area contributed by atoms with Gasteiger partial charge in [-0.3, -0.25) is 4.79 Å². The van der Waals surface area contributed by atoms with Crippen LogP contribution in [0.3, 0.4) is 0 Å². The molecule has 0 spiro atoms. The SMILES string of the molecule is O=C(COC(=O)COc1ccc(-c2ccccc2)cc1)NC1CCCC1. The van der Waals surface area contributed by atoms with Crippen molar-refractivity contribution in [1.29, 1.82) is 0 Å². The minimum Gasteiger partial charge on any atom is -0.482 e. The van der Waals surface area contributed by atoms with E-state index in [1.807, 2.05) is 54.6 Å². The number of esters is 1. The average molecular weight is 353 g/mol. The van der Waals surface area contributed by atoms with Crippen LogP contribution in [-0.4, -0.2) is 31.1 Å². The first-order chi connectivity index (χ1) is 12.7. The highest BCUT2D eigenvalue weighted by Gasteiger charge is 2.17. The Morgan fingerprint density at radius 3 is 2.23 bits per heavy atom. The predicted octanol–water partition coefficient (Wildman–Crippen LogP) is 3.33. The molecule has 1 aliphatic rings. The summed E-state index contributed by atoms with van der Waals surface area (Å²) in [7, 11) is 0. The van der Waals surface area contributed by atoms with Gasteiger partial charge in [-0.1, -0.05) is 55.3 Å². The van der Waals surface area contributed by atoms with E-state index in [2.05, 4.69) is 5.32 Å². The molecule has 1 N–H and O–H groups in total. The van der Waals surface area contributed by atoms with E-state index in [0.29, 0.717) is 5.75 Å². The maximum atomic E-state index is 11.7. The quantitative estimate of drug-likeness (QED) is 0.776. The van der Waals surface area contributed by atoms with Crippen LogP contribution in [-0.2, 0) is 14.3 Å². The summed E-state index contributed by atoms with van der Waals surface area (Å²) in [4.78, 5) is 23.4. The zero-order valence-corrected chi connectivity index (χ0v) is 14.6. The molecule has 2 aromatic carbocycles. The molecule has 5 heteroatoms. The van der Waals surface area contributed by atoms with Gasteiger partial charge in [0.2, 0.25) is 0 Å². The molecule has 3 rings (SSSR count). The Balaban J connectivity index is 1.39. The molecule has 0 atom stereocenters. The van der Waals surface area contributed by atoms with Crippen LogP contribution >= 0.6 is 0 Å². The molecule has 136 valence electrons. The van der Waals surface area contributed by atoms with Crippen molar-refractivity contribution in [2.24, 2.45) is 0 Å². The molecule has 1 aliphatic carbocycles. The van der Waals surface area contributed by atoms with Crippen LogP contribution in [0.15, 0.2) is 54.6 Å². The van der Waals surface area contributed by atoms with E-state index in [1.54, 1.807) is 0 Å². The van der Waals surface area contributed by atoms with Crippen LogP contribution in [0.1, 0.15) is 25.7 Å². The summed E-state index contributed by atoms with van der Waals surface area (Å²) < 4.78 is 10.4. The summed E-state index contributed by atoms with van der Waals surface area (Å²) in [5.41, 5.74) is 2.19. The lowest BCUT2D eigenvalue weighted by Gasteiger charge is -2.12. The highest BCUT2D eigenvalue weighted by atomic mass is 16.6. The van der Waals surface area contributed by atoms with Gasteiger partial charge in [0.25, 0.3) is 5.91 Å². The third-order valence-electron chi connectivity index (χ3n) is 4.40. The number of nitrogens with one attached hydrogen (secondary N) is 1. The molecule has 1 fully saturated rings. The van der Waals surface area contributed by atoms with Gasteiger partial charge in [0.05, 0.1) is 0 Å². The van der Waals surface area contributed by atoms with Crippen molar-refractivity contribution in [3.63, 3.8) is 0 Å². The smallest absolute Gasteiger partial charge is 0.344 e. The Bertz CT molecular complexity index is 721. The van der Waals surface area contributed by atoms with Gasteiger partial charge in [-0.15, -0.1) is 0 Å². The molecular formula is C21H23NO4. The largest absolute Gasteiger partial charge is 0.482 e. The molecule has 2 aromatic rings. The van der Waals surface area contributed by atoms with Crippen molar-refractivity contribution >= 4 is 11.9 Å². The lowest BCUT2D eigenvalue weighted by molar-refractivity contribution is -0.150. The molecule has 0 saturated heterocycles. The Morgan fingerprint density at radius 2 is 1.54 bits per heavy atom. The Labute approximate surface area is 153 Å². The van der Waals surface area contributed by atoms with E-state index >= 15 is 0 Å². The van der Waals surface area contributed by atoms with Crippen LogP contribution < -0.4 is 10.1 Å². The van der Waals surface area contributed by atoms with Gasteiger partial charge in [-0.25, -0.2) is 4.79 Å². The van der Waals surface area contributed by atoms with Gasteiger partial charge in [0.15, 0.2) is 13.2 Å². The fraction of sp³-hybridized carbons (Fsp3) is 0.333. The number of carbonyl (C=O) groups excluding carboxylic acids is 2. The van der Waals surface area contributed by atoms with Crippen LogP contribution in [0.5, 0.6) is 5.75 Å². The molecule has 0 unspecified atom stereocenters. The minimum atomic E-state index is -0.557. The van der Waals surface area contributed by atoms with Gasteiger partial charge in [0, 0.05) is 6.04 Å². The van der Waals surface area contributed by atoms with Crippen LogP contribution in [0.2, 0.25) is 0 Å². The summed E-state index contributed by atoms with van der Waals surface area (Å²) in [5.74, 6) is -0.229. The second kappa shape index (κ2) is 9.04. The van der Waals surface area contributed by atoms with Crippen LogP contribution in [0, 0.1) is 0 Å². The van der Waals surface area contributed by atoms with Gasteiger partial charge >= 0.3 is 5.97 Å². The highest BCUT2D eigenvalue weighted by molar-refractivity contribution is 5.81. The van der Waals surface area contributed by atoms with Gasteiger partial charge < -0.3 is 14.8 Å². The lowest BCUT2D eigenvalue weighted by Crippen LogP contribution is -2.36. The van der Waals surface area contributed by atoms with E-state index in [0.717, 1.165) is 36.8 Å². The molecule has 5 nitrogen and oxygen atoms in total. The van der Waals surface area contributed by atoms with Gasteiger partial charge in [0.1, 0.15) is 5.75 Å². The van der Waals surface area contributed by atoms with Crippen molar-refractivity contribution in [1.82, 2.24) is 5.32 Å². The third-order valence-corrected chi connectivity index (χ3v) is 4.40. The van der Waals surface area contributed by atoms with E-state index in [4.69, 9.17) is 9.47 Å². The van der Waals surface area contributed by atoms with E-state index in [1.165, 1.54) is 0 Å². The topological polar surface area (TPSA) is 64.6 Å². The number of hydrogen-bond donors (Lipinski definition) is 1. The average Bonchev–Trinajstić information content (AvgIpc) is 3.19. The van der Waals surface area contributed by atoms with Crippen molar-refractivity contribution in [3.05, 3.63) is 54.6 Å². The fourth-order valence-corrected chi connectivity index (χ4v) is 3.04. The highest BCUT2D eigenvalue weighted by Crippen LogP contribution is 2.22. The first-order valence-electron chi connectivity index (χ1n) is 8.94. The number of benzene rings is 2. The standard InChI is InChI=1S/C21H23NO4/c23-20(22-18-8-4-5-9-18)14-26-21(24)15-25-19-12-10-17(11-13-19)16-6-2-1-3-7-16/h1-3,6-7,10-13,18H,4-5,8-9,14-15H2,(H,22,23). The molecule has 1 amide bonds. The second-order valence-corrected chi connectivity index (χ2v) is 6.39. The number of rotatable bonds is 7. The zero-order valence-electron chi connectivity index (χ0n) is 14.6. The molecule has 0 aliphatic heterocycles. The number of amides is 1. The van der Waals surface area contributed by atoms with E-state index in [-0.39, 0.29) is 25.2 Å². The Hall–Kier alpha value is -2.82. The molecule has 0 bridgehead atoms. The van der Waals surface area contributed by atoms with Crippen LogP contribution in [0.4, 0.5) is 0 Å². The normalized spacial score (nSPS) is 14.0. The van der Waals surface area contributed by atoms with Crippen molar-refractivity contribution in [2.45, 2.75) is 31.7 Å². The summed E-state index contributed by atoms with van der Waals surface area (Å²) in [5, 5.41) is 2.87. The molecular weight excluding hydrogens is 330 g/mol. The number of carbonyl (C=O) groups is 2. The van der Waals surface area contributed by atoms with E-state index < -0.39 is 5.97 Å². The number of hydrogen-bond acceptors (Lipinski definition) is 4. The Morgan fingerprint density at radius 1 is 0.885 bits per heavy atom. The van der Waals surface area contributed by atoms with E-state index in [9.17, 15) is 9.59 Å². The first-order valence-corrected chi connectivity index (χ1v) is 8.94. The third kappa shape index (κ3) is 5.34. The Kier molecular flexibility index (Phi) is 6.25. The molecule has 1 saturated carbocycles. The predicted molar refractivity (Wildman–Crippen MR) is 98.7 cm³/mol. The lowest BCUT2D eigenvalue weighted by atomic mass is 10.1. The summed E-state index contributed by atoms with van der Waals surface area (Å²) in [6, 6.07) is 17.7. The summed E-state index contributed by atoms with van der Waals surface area (Å²) in [6.45, 7) is -0.479. The summed E-state index contributed by atoms with van der Waals surface area (Å²) >= 11 is 0.